The maximum absolute atomic E-state index is 2.70. The van der Waals surface area contributed by atoms with Crippen molar-refractivity contribution in [2.75, 3.05) is 9.80 Å². The van der Waals surface area contributed by atoms with E-state index < -0.39 is 0 Å². The van der Waals surface area contributed by atoms with Crippen molar-refractivity contribution in [3.05, 3.63) is 148 Å². The van der Waals surface area contributed by atoms with E-state index in [-0.39, 0.29) is 39.2 Å². The maximum atomic E-state index is 2.70. The van der Waals surface area contributed by atoms with Crippen LogP contribution in [-0.4, -0.2) is 6.71 Å². The van der Waals surface area contributed by atoms with Gasteiger partial charge < -0.3 is 9.80 Å². The number of benzene rings is 6. The van der Waals surface area contributed by atoms with Crippen LogP contribution in [0.4, 0.5) is 34.1 Å². The van der Waals surface area contributed by atoms with E-state index in [1.807, 2.05) is 11.3 Å². The molecule has 2 aliphatic heterocycles. The quantitative estimate of drug-likeness (QED) is 0.163. The molecule has 3 aliphatic rings. The summed E-state index contributed by atoms with van der Waals surface area (Å²) in [5, 5.41) is 1.35. The van der Waals surface area contributed by atoms with Gasteiger partial charge in [0.2, 0.25) is 0 Å². The third-order valence-corrected chi connectivity index (χ3v) is 17.0. The molecule has 0 unspecified atom stereocenters. The van der Waals surface area contributed by atoms with Crippen LogP contribution in [0.2, 0.25) is 0 Å². The molecule has 67 heavy (non-hydrogen) atoms. The zero-order chi connectivity index (χ0) is 48.1. The average molecular weight is 901 g/mol. The zero-order valence-corrected chi connectivity index (χ0v) is 44.5. The molecule has 7 aromatic rings. The van der Waals surface area contributed by atoms with E-state index in [9.17, 15) is 0 Å². The normalized spacial score (nSPS) is 16.5. The predicted octanol–water partition coefficient (Wildman–Crippen LogP) is 16.5. The van der Waals surface area contributed by atoms with Crippen molar-refractivity contribution >= 4 is 78.0 Å². The third-order valence-electron chi connectivity index (χ3n) is 15.8. The van der Waals surface area contributed by atoms with Crippen LogP contribution in [0.25, 0.3) is 21.2 Å². The van der Waals surface area contributed by atoms with Crippen molar-refractivity contribution in [3.63, 3.8) is 0 Å². The first-order chi connectivity index (χ1) is 31.1. The van der Waals surface area contributed by atoms with Crippen LogP contribution in [0, 0.1) is 6.92 Å². The minimum atomic E-state index is -0.0282. The van der Waals surface area contributed by atoms with Crippen LogP contribution in [0.15, 0.2) is 109 Å². The smallest absolute Gasteiger partial charge is 0.264 e. The van der Waals surface area contributed by atoms with Gasteiger partial charge in [0.15, 0.2) is 0 Å². The fraction of sp³-hybridized carbons (Fsp3) is 0.397. The van der Waals surface area contributed by atoms with Crippen LogP contribution < -0.4 is 25.5 Å². The summed E-state index contributed by atoms with van der Waals surface area (Å²) in [6.45, 7) is 40.3. The highest BCUT2D eigenvalue weighted by atomic mass is 32.1. The zero-order valence-electron chi connectivity index (χ0n) is 43.7. The molecule has 0 bridgehead atoms. The maximum Gasteiger partial charge on any atom is 0.264 e. The standard InChI is InChI=1S/C63H73BN2S/c1-38-32-52-55-53(33-38)66(50-27-22-41(59(5,6)7)34-45(50)39-18-20-40(21-19-39)58(2,3)4)51-28-23-43(61(11,12)13)36-49(51)64(55)57-56(46-35-42(60(8,9)10)24-29-54(46)67-57)65(52)44-25-26-47-48(37-44)63(16,17)31-30-62(47,14)15/h18-29,32-37H,30-31H2,1-17H3. The summed E-state index contributed by atoms with van der Waals surface area (Å²) in [6, 6.07) is 44.0. The summed E-state index contributed by atoms with van der Waals surface area (Å²) in [7, 11) is 0. The van der Waals surface area contributed by atoms with Gasteiger partial charge >= 0.3 is 0 Å². The molecule has 0 spiro atoms. The molecule has 0 fully saturated rings. The lowest BCUT2D eigenvalue weighted by molar-refractivity contribution is 0.332. The summed E-state index contributed by atoms with van der Waals surface area (Å²) >= 11 is 2.01. The summed E-state index contributed by atoms with van der Waals surface area (Å²) in [5.41, 5.74) is 22.8. The van der Waals surface area contributed by atoms with Crippen LogP contribution in [0.5, 0.6) is 0 Å². The molecule has 0 saturated heterocycles. The fourth-order valence-corrected chi connectivity index (χ4v) is 12.7. The molecule has 0 N–H and O–H groups in total. The molecule has 1 aliphatic carbocycles. The molecular weight excluding hydrogens is 828 g/mol. The molecule has 2 nitrogen and oxygen atoms in total. The topological polar surface area (TPSA) is 6.48 Å². The second-order valence-corrected chi connectivity index (χ2v) is 27.0. The largest absolute Gasteiger partial charge is 0.311 e. The van der Waals surface area contributed by atoms with Gasteiger partial charge in [0, 0.05) is 43.2 Å². The molecule has 1 aromatic heterocycles. The Hall–Kier alpha value is -5.06. The number of nitrogens with zero attached hydrogens (tertiary/aromatic N) is 2. The van der Waals surface area contributed by atoms with Gasteiger partial charge in [0.1, 0.15) is 0 Å². The summed E-state index contributed by atoms with van der Waals surface area (Å²) in [5.74, 6) is 0. The Morgan fingerprint density at radius 3 is 1.63 bits per heavy atom. The first-order valence-electron chi connectivity index (χ1n) is 25.0. The van der Waals surface area contributed by atoms with Gasteiger partial charge in [-0.3, -0.25) is 0 Å². The number of thiophene rings is 1. The molecule has 3 heterocycles. The lowest BCUT2D eigenvalue weighted by Gasteiger charge is -2.45. The summed E-state index contributed by atoms with van der Waals surface area (Å²) in [6.07, 6.45) is 2.38. The van der Waals surface area contributed by atoms with Crippen LogP contribution in [0.1, 0.15) is 163 Å². The van der Waals surface area contributed by atoms with E-state index in [0.717, 1.165) is 0 Å². The Bertz CT molecular complexity index is 3130. The molecule has 0 saturated carbocycles. The van der Waals surface area contributed by atoms with Crippen LogP contribution in [-0.2, 0) is 32.5 Å². The van der Waals surface area contributed by atoms with Crippen molar-refractivity contribution in [3.8, 4) is 11.1 Å². The highest BCUT2D eigenvalue weighted by Crippen LogP contribution is 2.53. The van der Waals surface area contributed by atoms with E-state index in [0.29, 0.717) is 0 Å². The van der Waals surface area contributed by atoms with Crippen LogP contribution >= 0.6 is 11.3 Å². The molecule has 10 rings (SSSR count). The lowest BCUT2D eigenvalue weighted by atomic mass is 9.36. The number of fused-ring (bicyclic) bond motifs is 7. The molecular formula is C63H73BN2S. The molecule has 0 amide bonds. The number of aryl methyl sites for hydroxylation is 1. The van der Waals surface area contributed by atoms with Crippen molar-refractivity contribution in [1.82, 2.24) is 0 Å². The SMILES string of the molecule is Cc1cc2c3c(c1)N(c1ccc4c(c1)C(C)(C)CCC4(C)C)c1c(sc4ccc(C(C)(C)C)cc14)B3c1cc(C(C)(C)C)ccc1N2c1ccc(C(C)(C)C)cc1-c1ccc(C(C)(C)C)cc1. The van der Waals surface area contributed by atoms with Gasteiger partial charge in [0.05, 0.1) is 11.4 Å². The number of rotatable bonds is 3. The second kappa shape index (κ2) is 15.0. The minimum absolute atomic E-state index is 0.0124. The number of anilines is 6. The Morgan fingerprint density at radius 1 is 0.493 bits per heavy atom. The van der Waals surface area contributed by atoms with Crippen molar-refractivity contribution in [2.45, 2.75) is 163 Å². The van der Waals surface area contributed by atoms with Crippen LogP contribution in [0.3, 0.4) is 0 Å². The molecule has 344 valence electrons. The first-order valence-corrected chi connectivity index (χ1v) is 25.8. The van der Waals surface area contributed by atoms with Gasteiger partial charge in [0.25, 0.3) is 6.71 Å². The Kier molecular flexibility index (Phi) is 10.2. The average Bonchev–Trinajstić information content (AvgIpc) is 3.62. The first kappa shape index (κ1) is 45.7. The summed E-state index contributed by atoms with van der Waals surface area (Å²) in [4.78, 5) is 5.35. The van der Waals surface area contributed by atoms with Crippen molar-refractivity contribution in [2.24, 2.45) is 0 Å². The van der Waals surface area contributed by atoms with E-state index in [1.165, 1.54) is 123 Å². The van der Waals surface area contributed by atoms with E-state index in [2.05, 4.69) is 237 Å². The Labute approximate surface area is 407 Å². The van der Waals surface area contributed by atoms with Crippen molar-refractivity contribution in [1.29, 1.82) is 0 Å². The van der Waals surface area contributed by atoms with Gasteiger partial charge in [-0.2, -0.15) is 0 Å². The van der Waals surface area contributed by atoms with Gasteiger partial charge in [-0.05, 0) is 162 Å². The highest BCUT2D eigenvalue weighted by Gasteiger charge is 2.47. The molecule has 4 heteroatoms. The third kappa shape index (κ3) is 7.51. The minimum Gasteiger partial charge on any atom is -0.311 e. The van der Waals surface area contributed by atoms with Gasteiger partial charge in [-0.25, -0.2) is 0 Å². The van der Waals surface area contributed by atoms with Gasteiger partial charge in [-0.1, -0.05) is 165 Å². The van der Waals surface area contributed by atoms with E-state index >= 15 is 0 Å². The van der Waals surface area contributed by atoms with Gasteiger partial charge in [-0.15, -0.1) is 11.3 Å². The van der Waals surface area contributed by atoms with E-state index in [1.54, 1.807) is 0 Å². The second-order valence-electron chi connectivity index (χ2n) is 25.9. The molecule has 6 aromatic carbocycles. The van der Waals surface area contributed by atoms with E-state index in [4.69, 9.17) is 0 Å². The number of hydrogen-bond donors (Lipinski definition) is 0. The Balaban J connectivity index is 1.32. The molecule has 0 atom stereocenters. The Morgan fingerprint density at radius 2 is 1.01 bits per heavy atom. The summed E-state index contributed by atoms with van der Waals surface area (Å²) < 4.78 is 2.78. The monoisotopic (exact) mass is 901 g/mol. The molecule has 0 radical (unpaired) electrons. The van der Waals surface area contributed by atoms with Crippen molar-refractivity contribution < 1.29 is 0 Å². The number of hydrogen-bond acceptors (Lipinski definition) is 3. The fourth-order valence-electron chi connectivity index (χ4n) is 11.4. The lowest BCUT2D eigenvalue weighted by Crippen LogP contribution is -2.60. The predicted molar refractivity (Wildman–Crippen MR) is 296 cm³/mol. The highest BCUT2D eigenvalue weighted by molar-refractivity contribution is 7.33.